The maximum Gasteiger partial charge on any atom is 0.357 e. The summed E-state index contributed by atoms with van der Waals surface area (Å²) in [5, 5.41) is 20.0. The zero-order chi connectivity index (χ0) is 14.9. The van der Waals surface area contributed by atoms with Crippen LogP contribution < -0.4 is 10.8 Å². The van der Waals surface area contributed by atoms with Gasteiger partial charge >= 0.3 is 5.97 Å². The van der Waals surface area contributed by atoms with Crippen molar-refractivity contribution in [1.29, 1.82) is 5.41 Å². The molecule has 0 aliphatic carbocycles. The van der Waals surface area contributed by atoms with Crippen molar-refractivity contribution in [3.63, 3.8) is 0 Å². The number of rotatable bonds is 4. The van der Waals surface area contributed by atoms with Crippen molar-refractivity contribution in [2.75, 3.05) is 5.32 Å². The summed E-state index contributed by atoms with van der Waals surface area (Å²) >= 11 is 6.86. The second-order valence-corrected chi connectivity index (χ2v) is 5.72. The third-order valence-corrected chi connectivity index (χ3v) is 3.80. The molecule has 0 aliphatic heterocycles. The Labute approximate surface area is 124 Å². The van der Waals surface area contributed by atoms with Crippen LogP contribution in [0.25, 0.3) is 0 Å². The van der Waals surface area contributed by atoms with Gasteiger partial charge in [-0.25, -0.2) is 4.79 Å². The van der Waals surface area contributed by atoms with Gasteiger partial charge in [-0.2, -0.15) is 4.37 Å². The Morgan fingerprint density at radius 1 is 1.65 bits per heavy atom. The maximum atomic E-state index is 11.0. The molecule has 2 aromatic rings. The molecule has 3 N–H and O–H groups in total. The lowest BCUT2D eigenvalue weighted by Crippen LogP contribution is -2.23. The number of aromatic carboxylic acids is 1. The second kappa shape index (κ2) is 5.64. The molecule has 2 rings (SSSR count). The second-order valence-electron chi connectivity index (χ2n) is 4.34. The lowest BCUT2D eigenvalue weighted by Gasteiger charge is -2.09. The highest BCUT2D eigenvalue weighted by atomic mass is 35.5. The average Bonchev–Trinajstić information content (AvgIpc) is 2.73. The molecule has 0 aromatic carbocycles. The van der Waals surface area contributed by atoms with E-state index in [0.717, 1.165) is 22.7 Å². The lowest BCUT2D eigenvalue weighted by atomic mass is 10.2. The van der Waals surface area contributed by atoms with Gasteiger partial charge in [0, 0.05) is 25.4 Å². The fraction of sp³-hybridized carbons (Fsp3) is 0.250. The van der Waals surface area contributed by atoms with Crippen LogP contribution in [-0.4, -0.2) is 20.0 Å². The number of anilines is 1. The van der Waals surface area contributed by atoms with Gasteiger partial charge in [0.1, 0.15) is 9.82 Å². The molecule has 0 radical (unpaired) electrons. The first-order chi connectivity index (χ1) is 9.40. The lowest BCUT2D eigenvalue weighted by molar-refractivity contribution is 0.0693. The minimum atomic E-state index is -1.13. The van der Waals surface area contributed by atoms with E-state index in [9.17, 15) is 4.79 Å². The minimum absolute atomic E-state index is 0.0939. The molecule has 0 saturated carbocycles. The van der Waals surface area contributed by atoms with Crippen LogP contribution in [0.5, 0.6) is 0 Å². The van der Waals surface area contributed by atoms with Gasteiger partial charge < -0.3 is 15.0 Å². The molecule has 0 fully saturated rings. The average molecular weight is 313 g/mol. The predicted molar refractivity (Wildman–Crippen MR) is 77.4 cm³/mol. The molecule has 0 bridgehead atoms. The van der Waals surface area contributed by atoms with E-state index in [1.54, 1.807) is 11.6 Å². The number of aryl methyl sites for hydroxylation is 2. The highest BCUT2D eigenvalue weighted by Gasteiger charge is 2.18. The summed E-state index contributed by atoms with van der Waals surface area (Å²) in [5.41, 5.74) is 2.34. The van der Waals surface area contributed by atoms with Gasteiger partial charge in [0.15, 0.2) is 5.69 Å². The van der Waals surface area contributed by atoms with Crippen LogP contribution in [0.2, 0.25) is 4.34 Å². The number of nitrogens with one attached hydrogen (secondary N) is 2. The zero-order valence-electron chi connectivity index (χ0n) is 10.9. The van der Waals surface area contributed by atoms with Crippen molar-refractivity contribution in [3.8, 4) is 0 Å². The number of nitrogens with zero attached hydrogens (tertiary/aromatic N) is 2. The van der Waals surface area contributed by atoms with E-state index in [1.807, 2.05) is 19.2 Å². The van der Waals surface area contributed by atoms with Gasteiger partial charge in [0.25, 0.3) is 0 Å². The number of halogens is 1. The molecule has 0 saturated heterocycles. The molecule has 8 heteroatoms. The van der Waals surface area contributed by atoms with Crippen molar-refractivity contribution >= 4 is 34.8 Å². The van der Waals surface area contributed by atoms with E-state index < -0.39 is 5.97 Å². The fourth-order valence-electron chi connectivity index (χ4n) is 1.86. The van der Waals surface area contributed by atoms with Gasteiger partial charge in [-0.05, 0) is 30.1 Å². The summed E-state index contributed by atoms with van der Waals surface area (Å²) in [7, 11) is 1.79. The van der Waals surface area contributed by atoms with Crippen LogP contribution in [0.1, 0.15) is 21.6 Å². The molecule has 0 aliphatic rings. The first kappa shape index (κ1) is 14.5. The third-order valence-electron chi connectivity index (χ3n) is 2.76. The van der Waals surface area contributed by atoms with Crippen molar-refractivity contribution in [3.05, 3.63) is 38.9 Å². The Morgan fingerprint density at radius 2 is 2.35 bits per heavy atom. The summed E-state index contributed by atoms with van der Waals surface area (Å²) in [6.45, 7) is 2.25. The number of hydrogen-bond donors (Lipinski definition) is 3. The van der Waals surface area contributed by atoms with Crippen LogP contribution in [0.4, 0.5) is 5.69 Å². The van der Waals surface area contributed by atoms with Crippen molar-refractivity contribution in [1.82, 2.24) is 8.94 Å². The molecule has 0 amide bonds. The van der Waals surface area contributed by atoms with E-state index in [2.05, 4.69) is 9.69 Å². The number of aromatic nitrogens is 2. The first-order valence-electron chi connectivity index (χ1n) is 5.73. The van der Waals surface area contributed by atoms with Gasteiger partial charge in [-0.1, -0.05) is 11.6 Å². The van der Waals surface area contributed by atoms with Crippen molar-refractivity contribution in [2.45, 2.75) is 13.5 Å². The summed E-state index contributed by atoms with van der Waals surface area (Å²) in [5.74, 6) is -1.13. The Balaban J connectivity index is 2.28. The van der Waals surface area contributed by atoms with Crippen LogP contribution >= 0.6 is 23.1 Å². The molecule has 0 unspecified atom stereocenters. The molecular weight excluding hydrogens is 300 g/mol. The van der Waals surface area contributed by atoms with E-state index in [0.29, 0.717) is 22.1 Å². The topological polar surface area (TPSA) is 91.0 Å². The SMILES string of the molecule is Cc1cc(CNc2c(C(=O)O)nsc2Cl)c(=N)n(C)c1. The Morgan fingerprint density at radius 3 is 3.00 bits per heavy atom. The molecule has 6 nitrogen and oxygen atoms in total. The standard InChI is InChI=1S/C12H13ClN4O2S/c1-6-3-7(11(14)17(2)5-6)4-15-8-9(12(18)19)16-20-10(8)13/h3,5,14-15H,4H2,1-2H3,(H,18,19). The van der Waals surface area contributed by atoms with E-state index >= 15 is 0 Å². The quantitative estimate of drug-likeness (QED) is 0.807. The van der Waals surface area contributed by atoms with Crippen molar-refractivity contribution < 1.29 is 9.90 Å². The molecular formula is C12H13ClN4O2S. The van der Waals surface area contributed by atoms with Crippen LogP contribution in [0.3, 0.4) is 0 Å². The third kappa shape index (κ3) is 2.83. The fourth-order valence-corrected chi connectivity index (χ4v) is 2.73. The zero-order valence-corrected chi connectivity index (χ0v) is 12.5. The van der Waals surface area contributed by atoms with Crippen LogP contribution in [0, 0.1) is 12.3 Å². The molecule has 106 valence electrons. The largest absolute Gasteiger partial charge is 0.476 e. The Bertz CT molecular complexity index is 723. The Kier molecular flexibility index (Phi) is 4.10. The maximum absolute atomic E-state index is 11.0. The molecule has 20 heavy (non-hydrogen) atoms. The van der Waals surface area contributed by atoms with Gasteiger partial charge in [-0.15, -0.1) is 0 Å². The van der Waals surface area contributed by atoms with Crippen LogP contribution in [0.15, 0.2) is 12.3 Å². The highest BCUT2D eigenvalue weighted by Crippen LogP contribution is 2.30. The van der Waals surface area contributed by atoms with E-state index in [4.69, 9.17) is 22.1 Å². The summed E-state index contributed by atoms with van der Waals surface area (Å²) in [6, 6.07) is 1.88. The first-order valence-corrected chi connectivity index (χ1v) is 6.88. The Hall–Kier alpha value is -1.86. The normalized spacial score (nSPS) is 10.6. The summed E-state index contributed by atoms with van der Waals surface area (Å²) in [6.07, 6.45) is 1.85. The van der Waals surface area contributed by atoms with E-state index in [1.165, 1.54) is 0 Å². The number of carboxylic acids is 1. The van der Waals surface area contributed by atoms with Crippen LogP contribution in [-0.2, 0) is 13.6 Å². The predicted octanol–water partition coefficient (Wildman–Crippen LogP) is 2.23. The number of carboxylic acid groups (broad SMARTS) is 1. The molecule has 2 aromatic heterocycles. The monoisotopic (exact) mass is 312 g/mol. The van der Waals surface area contributed by atoms with Gasteiger partial charge in [0.2, 0.25) is 0 Å². The van der Waals surface area contributed by atoms with Gasteiger partial charge in [0.05, 0.1) is 5.69 Å². The number of hydrogen-bond acceptors (Lipinski definition) is 5. The molecule has 0 atom stereocenters. The highest BCUT2D eigenvalue weighted by molar-refractivity contribution is 7.11. The smallest absolute Gasteiger partial charge is 0.357 e. The number of carbonyl (C=O) groups is 1. The summed E-state index contributed by atoms with van der Waals surface area (Å²) in [4.78, 5) is 11.0. The van der Waals surface area contributed by atoms with E-state index in [-0.39, 0.29) is 5.69 Å². The minimum Gasteiger partial charge on any atom is -0.476 e. The molecule has 2 heterocycles. The van der Waals surface area contributed by atoms with Gasteiger partial charge in [-0.3, -0.25) is 5.41 Å². The molecule has 0 spiro atoms. The van der Waals surface area contributed by atoms with Crippen molar-refractivity contribution in [2.24, 2.45) is 7.05 Å². The number of pyridine rings is 1. The summed E-state index contributed by atoms with van der Waals surface area (Å²) < 4.78 is 5.78.